The molecule has 2 fully saturated rings. The summed E-state index contributed by atoms with van der Waals surface area (Å²) < 4.78 is 5.56. The summed E-state index contributed by atoms with van der Waals surface area (Å²) in [6.07, 6.45) is 10.9. The number of hydrogen-bond donors (Lipinski definition) is 2. The normalized spacial score (nSPS) is 31.7. The number of likely N-dealkylation sites (tertiary alicyclic amines) is 1. The van der Waals surface area contributed by atoms with Gasteiger partial charge in [0.2, 0.25) is 5.91 Å². The molecule has 2 aliphatic heterocycles. The minimum absolute atomic E-state index is 0.115. The van der Waals surface area contributed by atoms with E-state index >= 15 is 0 Å². The molecule has 2 saturated heterocycles. The maximum absolute atomic E-state index is 12.3. The Morgan fingerprint density at radius 3 is 3.04 bits per heavy atom. The van der Waals surface area contributed by atoms with E-state index in [-0.39, 0.29) is 24.0 Å². The van der Waals surface area contributed by atoms with Crippen molar-refractivity contribution in [3.05, 3.63) is 11.6 Å². The number of aliphatic hydroxyl groups excluding tert-OH is 1. The highest BCUT2D eigenvalue weighted by Crippen LogP contribution is 2.29. The van der Waals surface area contributed by atoms with E-state index in [4.69, 9.17) is 4.74 Å². The molecule has 2 heterocycles. The number of allylic oxidation sites excluding steroid dienone is 1. The standard InChI is InChI=1S/C19H32N2O3/c22-18-9-12-24-14-16(18)17-7-4-11-21(17)13-19(23)20-10-8-15-5-2-1-3-6-15/h5,16-18,22H,1-4,6-14H2,(H,20,23). The first kappa shape index (κ1) is 17.9. The van der Waals surface area contributed by atoms with Crippen molar-refractivity contribution in [2.24, 2.45) is 5.92 Å². The molecule has 3 atom stereocenters. The molecule has 24 heavy (non-hydrogen) atoms. The van der Waals surface area contributed by atoms with Gasteiger partial charge in [0.05, 0.1) is 19.3 Å². The van der Waals surface area contributed by atoms with Crippen LogP contribution in [0.5, 0.6) is 0 Å². The van der Waals surface area contributed by atoms with Gasteiger partial charge in [0.1, 0.15) is 0 Å². The molecular weight excluding hydrogens is 304 g/mol. The molecule has 5 heteroatoms. The van der Waals surface area contributed by atoms with Crippen molar-refractivity contribution >= 4 is 5.91 Å². The molecule has 1 amide bonds. The van der Waals surface area contributed by atoms with Gasteiger partial charge in [-0.1, -0.05) is 11.6 Å². The molecule has 0 bridgehead atoms. The summed E-state index contributed by atoms with van der Waals surface area (Å²) in [5.74, 6) is 0.269. The Labute approximate surface area is 145 Å². The van der Waals surface area contributed by atoms with Crippen LogP contribution in [0.1, 0.15) is 51.4 Å². The van der Waals surface area contributed by atoms with Crippen LogP contribution in [0.4, 0.5) is 0 Å². The Hall–Kier alpha value is -0.910. The maximum Gasteiger partial charge on any atom is 0.234 e. The zero-order valence-corrected chi connectivity index (χ0v) is 14.7. The Bertz CT molecular complexity index is 452. The van der Waals surface area contributed by atoms with Crippen LogP contribution in [-0.4, -0.2) is 60.9 Å². The number of ether oxygens (including phenoxy) is 1. The second-order valence-corrected chi connectivity index (χ2v) is 7.48. The molecule has 0 radical (unpaired) electrons. The van der Waals surface area contributed by atoms with Crippen molar-refractivity contribution in [3.8, 4) is 0 Å². The summed E-state index contributed by atoms with van der Waals surface area (Å²) in [6, 6.07) is 0.284. The smallest absolute Gasteiger partial charge is 0.234 e. The lowest BCUT2D eigenvalue weighted by Gasteiger charge is -2.36. The second kappa shape index (κ2) is 8.97. The highest BCUT2D eigenvalue weighted by atomic mass is 16.5. The van der Waals surface area contributed by atoms with Gasteiger partial charge in [0.25, 0.3) is 0 Å². The van der Waals surface area contributed by atoms with Crippen LogP contribution in [0, 0.1) is 5.92 Å². The quantitative estimate of drug-likeness (QED) is 0.727. The molecule has 3 rings (SSSR count). The topological polar surface area (TPSA) is 61.8 Å². The van der Waals surface area contributed by atoms with E-state index in [1.165, 1.54) is 31.3 Å². The fraction of sp³-hybridized carbons (Fsp3) is 0.842. The summed E-state index contributed by atoms with van der Waals surface area (Å²) >= 11 is 0. The molecular formula is C19H32N2O3. The molecule has 5 nitrogen and oxygen atoms in total. The zero-order chi connectivity index (χ0) is 16.8. The predicted molar refractivity (Wildman–Crippen MR) is 93.7 cm³/mol. The van der Waals surface area contributed by atoms with E-state index in [9.17, 15) is 9.90 Å². The Kier molecular flexibility index (Phi) is 6.69. The first-order chi connectivity index (χ1) is 11.7. The molecule has 0 aromatic heterocycles. The molecule has 0 aromatic rings. The summed E-state index contributed by atoms with van der Waals surface area (Å²) in [5, 5.41) is 13.3. The minimum atomic E-state index is -0.286. The maximum atomic E-state index is 12.3. The van der Waals surface area contributed by atoms with Crippen LogP contribution in [0.25, 0.3) is 0 Å². The third kappa shape index (κ3) is 4.80. The zero-order valence-electron chi connectivity index (χ0n) is 14.7. The highest BCUT2D eigenvalue weighted by Gasteiger charge is 2.37. The van der Waals surface area contributed by atoms with Gasteiger partial charge in [-0.25, -0.2) is 0 Å². The van der Waals surface area contributed by atoms with Gasteiger partial charge < -0.3 is 15.2 Å². The molecule has 3 unspecified atom stereocenters. The van der Waals surface area contributed by atoms with Crippen LogP contribution in [0.15, 0.2) is 11.6 Å². The molecule has 0 spiro atoms. The van der Waals surface area contributed by atoms with Crippen molar-refractivity contribution in [1.29, 1.82) is 0 Å². The molecule has 1 aliphatic carbocycles. The number of nitrogens with zero attached hydrogens (tertiary/aromatic N) is 1. The van der Waals surface area contributed by atoms with Gasteiger partial charge >= 0.3 is 0 Å². The van der Waals surface area contributed by atoms with Crippen molar-refractivity contribution in [2.45, 2.75) is 63.5 Å². The second-order valence-electron chi connectivity index (χ2n) is 7.48. The Morgan fingerprint density at radius 1 is 1.33 bits per heavy atom. The molecule has 2 N–H and O–H groups in total. The summed E-state index contributed by atoms with van der Waals surface area (Å²) in [7, 11) is 0. The van der Waals surface area contributed by atoms with E-state index in [1.807, 2.05) is 0 Å². The highest BCUT2D eigenvalue weighted by molar-refractivity contribution is 5.78. The molecule has 136 valence electrons. The summed E-state index contributed by atoms with van der Waals surface area (Å²) in [5.41, 5.74) is 1.50. The fourth-order valence-corrected chi connectivity index (χ4v) is 4.38. The number of carbonyl (C=O) groups excluding carboxylic acids is 1. The lowest BCUT2D eigenvalue weighted by Crippen LogP contribution is -2.48. The van der Waals surface area contributed by atoms with Crippen LogP contribution in [0.3, 0.4) is 0 Å². The number of hydrogen-bond acceptors (Lipinski definition) is 4. The van der Waals surface area contributed by atoms with Gasteiger partial charge in [0.15, 0.2) is 0 Å². The van der Waals surface area contributed by atoms with E-state index in [0.717, 1.165) is 38.8 Å². The first-order valence-corrected chi connectivity index (χ1v) is 9.68. The van der Waals surface area contributed by atoms with Gasteiger partial charge in [0, 0.05) is 25.1 Å². The van der Waals surface area contributed by atoms with E-state index in [0.29, 0.717) is 19.8 Å². The van der Waals surface area contributed by atoms with Gasteiger partial charge in [-0.15, -0.1) is 0 Å². The minimum Gasteiger partial charge on any atom is -0.393 e. The van der Waals surface area contributed by atoms with Gasteiger partial charge in [-0.3, -0.25) is 9.69 Å². The largest absolute Gasteiger partial charge is 0.393 e. The number of amides is 1. The van der Waals surface area contributed by atoms with E-state index in [2.05, 4.69) is 16.3 Å². The average molecular weight is 336 g/mol. The van der Waals surface area contributed by atoms with Crippen LogP contribution in [0.2, 0.25) is 0 Å². The summed E-state index contributed by atoms with van der Waals surface area (Å²) in [6.45, 7) is 3.43. The monoisotopic (exact) mass is 336 g/mol. The van der Waals surface area contributed by atoms with Gasteiger partial charge in [-0.05, 0) is 57.9 Å². The van der Waals surface area contributed by atoms with E-state index < -0.39 is 0 Å². The van der Waals surface area contributed by atoms with Gasteiger partial charge in [-0.2, -0.15) is 0 Å². The Balaban J connectivity index is 1.42. The molecule has 0 saturated carbocycles. The molecule has 0 aromatic carbocycles. The van der Waals surface area contributed by atoms with Crippen molar-refractivity contribution in [2.75, 3.05) is 32.8 Å². The number of nitrogens with one attached hydrogen (secondary N) is 1. The summed E-state index contributed by atoms with van der Waals surface area (Å²) in [4.78, 5) is 14.5. The SMILES string of the molecule is O=C(CN1CCCC1C1COCCC1O)NCCC1=CCCCC1. The van der Waals surface area contributed by atoms with Crippen molar-refractivity contribution < 1.29 is 14.6 Å². The van der Waals surface area contributed by atoms with Crippen LogP contribution < -0.4 is 5.32 Å². The molecule has 3 aliphatic rings. The lowest BCUT2D eigenvalue weighted by atomic mass is 9.89. The Morgan fingerprint density at radius 2 is 2.25 bits per heavy atom. The third-order valence-electron chi connectivity index (χ3n) is 5.77. The third-order valence-corrected chi connectivity index (χ3v) is 5.77. The predicted octanol–water partition coefficient (Wildman–Crippen LogP) is 1.85. The fourth-order valence-electron chi connectivity index (χ4n) is 4.38. The average Bonchev–Trinajstić information content (AvgIpc) is 3.04. The number of carbonyl (C=O) groups is 1. The van der Waals surface area contributed by atoms with Crippen molar-refractivity contribution in [3.63, 3.8) is 0 Å². The van der Waals surface area contributed by atoms with E-state index in [1.54, 1.807) is 0 Å². The first-order valence-electron chi connectivity index (χ1n) is 9.68. The number of aliphatic hydroxyl groups is 1. The van der Waals surface area contributed by atoms with Crippen LogP contribution in [-0.2, 0) is 9.53 Å². The van der Waals surface area contributed by atoms with Crippen LogP contribution >= 0.6 is 0 Å². The van der Waals surface area contributed by atoms with Crippen molar-refractivity contribution in [1.82, 2.24) is 10.2 Å². The lowest BCUT2D eigenvalue weighted by molar-refractivity contribution is -0.123. The number of rotatable bonds is 6.